The van der Waals surface area contributed by atoms with E-state index in [1.807, 2.05) is 4.90 Å². The minimum atomic E-state index is -0.371. The Morgan fingerprint density at radius 1 is 1.40 bits per heavy atom. The monoisotopic (exact) mass is 277 g/mol. The lowest BCUT2D eigenvalue weighted by molar-refractivity contribution is -0.385. The van der Waals surface area contributed by atoms with E-state index in [2.05, 4.69) is 5.32 Å². The van der Waals surface area contributed by atoms with Crippen molar-refractivity contribution in [1.82, 2.24) is 4.90 Å². The summed E-state index contributed by atoms with van der Waals surface area (Å²) in [5, 5.41) is 14.2. The smallest absolute Gasteiger partial charge is 0.272 e. The topological polar surface area (TPSA) is 75.5 Å². The highest BCUT2D eigenvalue weighted by molar-refractivity contribution is 5.73. The van der Waals surface area contributed by atoms with Gasteiger partial charge in [-0.1, -0.05) is 0 Å². The normalized spacial score (nSPS) is 16.0. The molecular formula is C14H19N3O3. The van der Waals surface area contributed by atoms with Crippen molar-refractivity contribution in [3.05, 3.63) is 33.9 Å². The van der Waals surface area contributed by atoms with Crippen LogP contribution in [0.5, 0.6) is 0 Å². The molecule has 0 atom stereocenters. The number of piperidine rings is 1. The minimum absolute atomic E-state index is 0.120. The van der Waals surface area contributed by atoms with E-state index in [9.17, 15) is 14.9 Å². The van der Waals surface area contributed by atoms with Gasteiger partial charge in [-0.05, 0) is 31.9 Å². The Kier molecular flexibility index (Phi) is 4.22. The fourth-order valence-electron chi connectivity index (χ4n) is 2.52. The number of nitrogens with one attached hydrogen (secondary N) is 1. The first-order valence-corrected chi connectivity index (χ1v) is 6.74. The lowest BCUT2D eigenvalue weighted by Crippen LogP contribution is -2.41. The van der Waals surface area contributed by atoms with Crippen LogP contribution in [0, 0.1) is 17.0 Å². The van der Waals surface area contributed by atoms with E-state index in [0.717, 1.165) is 31.6 Å². The first-order chi connectivity index (χ1) is 9.47. The number of nitro benzene ring substituents is 1. The van der Waals surface area contributed by atoms with E-state index in [-0.39, 0.29) is 16.5 Å². The molecule has 0 radical (unpaired) electrons. The second-order valence-electron chi connectivity index (χ2n) is 5.18. The molecule has 6 heteroatoms. The van der Waals surface area contributed by atoms with Crippen molar-refractivity contribution >= 4 is 17.3 Å². The molecule has 0 spiro atoms. The molecule has 1 saturated heterocycles. The average molecular weight is 277 g/mol. The summed E-state index contributed by atoms with van der Waals surface area (Å²) < 4.78 is 0. The van der Waals surface area contributed by atoms with Gasteiger partial charge in [-0.15, -0.1) is 0 Å². The van der Waals surface area contributed by atoms with E-state index < -0.39 is 0 Å². The van der Waals surface area contributed by atoms with Crippen LogP contribution in [0.4, 0.5) is 11.4 Å². The van der Waals surface area contributed by atoms with Gasteiger partial charge in [0.1, 0.15) is 0 Å². The molecule has 1 N–H and O–H groups in total. The van der Waals surface area contributed by atoms with E-state index in [1.165, 1.54) is 6.07 Å². The molecule has 0 bridgehead atoms. The third kappa shape index (κ3) is 3.26. The van der Waals surface area contributed by atoms with Gasteiger partial charge in [-0.2, -0.15) is 0 Å². The van der Waals surface area contributed by atoms with Gasteiger partial charge >= 0.3 is 0 Å². The summed E-state index contributed by atoms with van der Waals surface area (Å²) >= 11 is 0. The molecule has 0 aliphatic carbocycles. The fraction of sp³-hybridized carbons (Fsp3) is 0.500. The summed E-state index contributed by atoms with van der Waals surface area (Å²) in [6.45, 7) is 4.85. The van der Waals surface area contributed by atoms with Crippen molar-refractivity contribution in [1.29, 1.82) is 0 Å². The van der Waals surface area contributed by atoms with Crippen molar-refractivity contribution in [3.8, 4) is 0 Å². The van der Waals surface area contributed by atoms with Crippen LogP contribution in [0.15, 0.2) is 18.2 Å². The molecule has 0 aromatic heterocycles. The zero-order valence-electron chi connectivity index (χ0n) is 11.8. The van der Waals surface area contributed by atoms with E-state index in [4.69, 9.17) is 0 Å². The lowest BCUT2D eigenvalue weighted by Gasteiger charge is -2.32. The number of anilines is 1. The second-order valence-corrected chi connectivity index (χ2v) is 5.18. The van der Waals surface area contributed by atoms with Crippen molar-refractivity contribution in [2.75, 3.05) is 18.4 Å². The van der Waals surface area contributed by atoms with Gasteiger partial charge in [-0.25, -0.2) is 0 Å². The highest BCUT2D eigenvalue weighted by Gasteiger charge is 2.20. The summed E-state index contributed by atoms with van der Waals surface area (Å²) in [5.74, 6) is 0.120. The van der Waals surface area contributed by atoms with Crippen molar-refractivity contribution in [2.45, 2.75) is 32.7 Å². The van der Waals surface area contributed by atoms with Crippen LogP contribution in [-0.2, 0) is 4.79 Å². The van der Waals surface area contributed by atoms with Crippen LogP contribution < -0.4 is 5.32 Å². The van der Waals surface area contributed by atoms with Crippen molar-refractivity contribution < 1.29 is 9.72 Å². The quantitative estimate of drug-likeness (QED) is 0.679. The summed E-state index contributed by atoms with van der Waals surface area (Å²) in [4.78, 5) is 23.5. The average Bonchev–Trinajstić information content (AvgIpc) is 2.39. The molecule has 1 heterocycles. The van der Waals surface area contributed by atoms with Crippen LogP contribution in [0.2, 0.25) is 0 Å². The molecule has 20 heavy (non-hydrogen) atoms. The number of amides is 1. The second kappa shape index (κ2) is 5.90. The molecule has 2 rings (SSSR count). The molecule has 0 unspecified atom stereocenters. The van der Waals surface area contributed by atoms with E-state index in [1.54, 1.807) is 26.0 Å². The highest BCUT2D eigenvalue weighted by atomic mass is 16.6. The minimum Gasteiger partial charge on any atom is -0.382 e. The Morgan fingerprint density at radius 3 is 2.55 bits per heavy atom. The molecule has 1 aliphatic heterocycles. The molecule has 1 amide bonds. The molecule has 1 aromatic carbocycles. The number of rotatable bonds is 3. The van der Waals surface area contributed by atoms with Crippen molar-refractivity contribution in [3.63, 3.8) is 0 Å². The molecule has 1 aromatic rings. The number of benzene rings is 1. The summed E-state index contributed by atoms with van der Waals surface area (Å²) in [6, 6.07) is 5.38. The van der Waals surface area contributed by atoms with Crippen LogP contribution in [0.3, 0.4) is 0 Å². The Morgan fingerprint density at radius 2 is 2.05 bits per heavy atom. The molecule has 6 nitrogen and oxygen atoms in total. The number of aryl methyl sites for hydroxylation is 1. The largest absolute Gasteiger partial charge is 0.382 e. The zero-order chi connectivity index (χ0) is 14.7. The lowest BCUT2D eigenvalue weighted by atomic mass is 10.0. The van der Waals surface area contributed by atoms with E-state index >= 15 is 0 Å². The van der Waals surface area contributed by atoms with Gasteiger partial charge in [0.15, 0.2) is 0 Å². The van der Waals surface area contributed by atoms with Gasteiger partial charge in [0, 0.05) is 43.4 Å². The van der Waals surface area contributed by atoms with Crippen LogP contribution in [-0.4, -0.2) is 34.9 Å². The van der Waals surface area contributed by atoms with Crippen molar-refractivity contribution in [2.24, 2.45) is 0 Å². The maximum Gasteiger partial charge on any atom is 0.272 e. The summed E-state index contributed by atoms with van der Waals surface area (Å²) in [7, 11) is 0. The van der Waals surface area contributed by atoms with Gasteiger partial charge in [0.2, 0.25) is 5.91 Å². The number of carbonyl (C=O) groups is 1. The van der Waals surface area contributed by atoms with Crippen LogP contribution in [0.25, 0.3) is 0 Å². The third-order valence-corrected chi connectivity index (χ3v) is 3.70. The van der Waals surface area contributed by atoms with Gasteiger partial charge in [-0.3, -0.25) is 14.9 Å². The molecule has 1 aliphatic rings. The number of hydrogen-bond donors (Lipinski definition) is 1. The predicted molar refractivity (Wildman–Crippen MR) is 76.7 cm³/mol. The SMILES string of the molecule is CC(=O)N1CCC(Nc2ccc([N+](=O)[O-])c(C)c2)CC1. The van der Waals surface area contributed by atoms with Crippen LogP contribution in [0.1, 0.15) is 25.3 Å². The maximum atomic E-state index is 11.3. The fourth-order valence-corrected chi connectivity index (χ4v) is 2.52. The number of nitrogens with zero attached hydrogens (tertiary/aromatic N) is 2. The molecular weight excluding hydrogens is 258 g/mol. The Bertz CT molecular complexity index is 522. The number of nitro groups is 1. The first kappa shape index (κ1) is 14.3. The Balaban J connectivity index is 1.96. The molecule has 1 fully saturated rings. The van der Waals surface area contributed by atoms with Gasteiger partial charge in [0.05, 0.1) is 4.92 Å². The van der Waals surface area contributed by atoms with Gasteiger partial charge in [0.25, 0.3) is 5.69 Å². The highest BCUT2D eigenvalue weighted by Crippen LogP contribution is 2.23. The zero-order valence-corrected chi connectivity index (χ0v) is 11.8. The van der Waals surface area contributed by atoms with E-state index in [0.29, 0.717) is 11.6 Å². The Hall–Kier alpha value is -2.11. The summed E-state index contributed by atoms with van der Waals surface area (Å²) in [6.07, 6.45) is 1.80. The first-order valence-electron chi connectivity index (χ1n) is 6.74. The van der Waals surface area contributed by atoms with Crippen LogP contribution >= 0.6 is 0 Å². The third-order valence-electron chi connectivity index (χ3n) is 3.70. The number of carbonyl (C=O) groups excluding carboxylic acids is 1. The summed E-state index contributed by atoms with van der Waals surface area (Å²) in [5.41, 5.74) is 1.69. The standard InChI is InChI=1S/C14H19N3O3/c1-10-9-13(3-4-14(10)17(19)20)15-12-5-7-16(8-6-12)11(2)18/h3-4,9,12,15H,5-8H2,1-2H3. The number of hydrogen-bond acceptors (Lipinski definition) is 4. The maximum absolute atomic E-state index is 11.3. The predicted octanol–water partition coefficient (Wildman–Crippen LogP) is 2.33. The Labute approximate surface area is 117 Å². The van der Waals surface area contributed by atoms with Gasteiger partial charge < -0.3 is 10.2 Å². The molecule has 0 saturated carbocycles. The number of likely N-dealkylation sites (tertiary alicyclic amines) is 1. The molecule has 108 valence electrons.